The van der Waals surface area contributed by atoms with Crippen LogP contribution in [0.2, 0.25) is 0 Å². The number of amides is 1. The van der Waals surface area contributed by atoms with Crippen molar-refractivity contribution in [2.45, 2.75) is 20.1 Å². The van der Waals surface area contributed by atoms with Gasteiger partial charge in [0.15, 0.2) is 17.0 Å². The number of aromatic nitrogens is 5. The zero-order valence-corrected chi connectivity index (χ0v) is 15.2. The van der Waals surface area contributed by atoms with Gasteiger partial charge in [0, 0.05) is 32.7 Å². The summed E-state index contributed by atoms with van der Waals surface area (Å²) in [5, 5.41) is 8.34. The van der Waals surface area contributed by atoms with E-state index in [0.29, 0.717) is 38.2 Å². The molecule has 27 heavy (non-hydrogen) atoms. The predicted molar refractivity (Wildman–Crippen MR) is 99.2 cm³/mol. The number of carbonyl (C=O) groups is 1. The molecule has 1 aliphatic heterocycles. The average molecular weight is 367 g/mol. The van der Waals surface area contributed by atoms with E-state index in [4.69, 9.17) is 4.74 Å². The Balaban J connectivity index is 1.38. The Morgan fingerprint density at radius 3 is 2.63 bits per heavy atom. The fourth-order valence-electron chi connectivity index (χ4n) is 3.14. The van der Waals surface area contributed by atoms with Crippen molar-refractivity contribution in [2.75, 3.05) is 31.1 Å². The highest BCUT2D eigenvalue weighted by molar-refractivity contribution is 5.82. The molecular formula is C18H21N7O2. The molecule has 1 aromatic carbocycles. The van der Waals surface area contributed by atoms with Gasteiger partial charge < -0.3 is 14.5 Å². The highest BCUT2D eigenvalue weighted by atomic mass is 16.6. The standard InChI is InChI=1S/C18H21N7O2/c1-2-25-17-15(21-22-25)16(19-13-20-17)23-8-10-24(11-9-23)18(26)27-12-14-6-4-3-5-7-14/h3-7,13H,2,8-12H2,1H3. The largest absolute Gasteiger partial charge is 0.445 e. The third-order valence-electron chi connectivity index (χ3n) is 4.62. The maximum atomic E-state index is 12.3. The SMILES string of the molecule is CCn1nnc2c(N3CCN(C(=O)OCc4ccccc4)CC3)ncnc21. The van der Waals surface area contributed by atoms with Crippen molar-refractivity contribution in [1.82, 2.24) is 29.9 Å². The topological polar surface area (TPSA) is 89.3 Å². The highest BCUT2D eigenvalue weighted by Crippen LogP contribution is 2.21. The molecule has 0 aliphatic carbocycles. The van der Waals surface area contributed by atoms with Gasteiger partial charge in [0.2, 0.25) is 0 Å². The van der Waals surface area contributed by atoms with E-state index in [-0.39, 0.29) is 12.7 Å². The van der Waals surface area contributed by atoms with Crippen LogP contribution in [-0.2, 0) is 17.9 Å². The van der Waals surface area contributed by atoms with Crippen LogP contribution in [-0.4, -0.2) is 62.1 Å². The summed E-state index contributed by atoms with van der Waals surface area (Å²) in [7, 11) is 0. The minimum Gasteiger partial charge on any atom is -0.445 e. The van der Waals surface area contributed by atoms with Crippen molar-refractivity contribution in [1.29, 1.82) is 0 Å². The van der Waals surface area contributed by atoms with Crippen LogP contribution < -0.4 is 4.90 Å². The molecule has 1 amide bonds. The molecule has 0 spiro atoms. The van der Waals surface area contributed by atoms with Gasteiger partial charge in [-0.3, -0.25) is 0 Å². The molecule has 9 nitrogen and oxygen atoms in total. The average Bonchev–Trinajstić information content (AvgIpc) is 3.16. The Bertz CT molecular complexity index is 920. The molecule has 0 saturated carbocycles. The van der Waals surface area contributed by atoms with Gasteiger partial charge in [0.25, 0.3) is 0 Å². The van der Waals surface area contributed by atoms with Crippen LogP contribution in [0.1, 0.15) is 12.5 Å². The van der Waals surface area contributed by atoms with Crippen molar-refractivity contribution in [3.8, 4) is 0 Å². The van der Waals surface area contributed by atoms with E-state index in [2.05, 4.69) is 25.2 Å². The molecule has 4 rings (SSSR count). The summed E-state index contributed by atoms with van der Waals surface area (Å²) in [5.41, 5.74) is 2.40. The maximum Gasteiger partial charge on any atom is 0.410 e. The Hall–Kier alpha value is -3.23. The van der Waals surface area contributed by atoms with E-state index >= 15 is 0 Å². The second-order valence-electron chi connectivity index (χ2n) is 6.29. The number of ether oxygens (including phenoxy) is 1. The molecule has 9 heteroatoms. The Kier molecular flexibility index (Phi) is 4.82. The number of rotatable bonds is 4. The molecule has 2 aromatic heterocycles. The molecule has 0 unspecified atom stereocenters. The molecule has 0 radical (unpaired) electrons. The minimum atomic E-state index is -0.289. The molecular weight excluding hydrogens is 346 g/mol. The van der Waals surface area contributed by atoms with Crippen LogP contribution in [0.4, 0.5) is 10.6 Å². The van der Waals surface area contributed by atoms with Gasteiger partial charge in [-0.1, -0.05) is 35.5 Å². The van der Waals surface area contributed by atoms with E-state index in [1.807, 2.05) is 37.3 Å². The fourth-order valence-corrected chi connectivity index (χ4v) is 3.14. The van der Waals surface area contributed by atoms with Gasteiger partial charge in [-0.05, 0) is 12.5 Å². The zero-order chi connectivity index (χ0) is 18.6. The molecule has 1 saturated heterocycles. The first-order valence-electron chi connectivity index (χ1n) is 9.01. The van der Waals surface area contributed by atoms with Crippen LogP contribution in [0, 0.1) is 0 Å². The second-order valence-corrected chi connectivity index (χ2v) is 6.29. The molecule has 140 valence electrons. The van der Waals surface area contributed by atoms with Gasteiger partial charge >= 0.3 is 6.09 Å². The second kappa shape index (κ2) is 7.56. The lowest BCUT2D eigenvalue weighted by Crippen LogP contribution is -2.49. The van der Waals surface area contributed by atoms with E-state index in [0.717, 1.165) is 17.0 Å². The van der Waals surface area contributed by atoms with E-state index < -0.39 is 0 Å². The molecule has 0 bridgehead atoms. The van der Waals surface area contributed by atoms with Gasteiger partial charge in [0.1, 0.15) is 12.9 Å². The maximum absolute atomic E-state index is 12.3. The van der Waals surface area contributed by atoms with Crippen LogP contribution >= 0.6 is 0 Å². The first kappa shape index (κ1) is 17.2. The number of fused-ring (bicyclic) bond motifs is 1. The summed E-state index contributed by atoms with van der Waals surface area (Å²) in [6.45, 7) is 5.44. The Morgan fingerprint density at radius 1 is 1.11 bits per heavy atom. The summed E-state index contributed by atoms with van der Waals surface area (Å²) in [6.07, 6.45) is 1.25. The van der Waals surface area contributed by atoms with Gasteiger partial charge in [-0.15, -0.1) is 5.10 Å². The molecule has 1 fully saturated rings. The highest BCUT2D eigenvalue weighted by Gasteiger charge is 2.25. The summed E-state index contributed by atoms with van der Waals surface area (Å²) >= 11 is 0. The lowest BCUT2D eigenvalue weighted by Gasteiger charge is -2.34. The number of anilines is 1. The van der Waals surface area contributed by atoms with Crippen molar-refractivity contribution in [2.24, 2.45) is 0 Å². The Labute approximate surface area is 156 Å². The number of hydrogen-bond acceptors (Lipinski definition) is 7. The number of hydrogen-bond donors (Lipinski definition) is 0. The van der Waals surface area contributed by atoms with Crippen LogP contribution in [0.15, 0.2) is 36.7 Å². The van der Waals surface area contributed by atoms with Crippen molar-refractivity contribution in [3.05, 3.63) is 42.2 Å². The van der Waals surface area contributed by atoms with E-state index in [9.17, 15) is 4.79 Å². The van der Waals surface area contributed by atoms with Gasteiger partial charge in [0.05, 0.1) is 0 Å². The predicted octanol–water partition coefficient (Wildman–Crippen LogP) is 1.70. The Morgan fingerprint density at radius 2 is 1.89 bits per heavy atom. The summed E-state index contributed by atoms with van der Waals surface area (Å²) in [5.74, 6) is 0.761. The first-order valence-corrected chi connectivity index (χ1v) is 9.01. The third kappa shape index (κ3) is 3.53. The number of benzene rings is 1. The van der Waals surface area contributed by atoms with Gasteiger partial charge in [-0.25, -0.2) is 19.4 Å². The number of nitrogens with zero attached hydrogens (tertiary/aromatic N) is 7. The molecule has 3 heterocycles. The number of carbonyl (C=O) groups excluding carboxylic acids is 1. The van der Waals surface area contributed by atoms with Crippen molar-refractivity contribution < 1.29 is 9.53 Å². The smallest absolute Gasteiger partial charge is 0.410 e. The van der Waals surface area contributed by atoms with Crippen molar-refractivity contribution >= 4 is 23.1 Å². The lowest BCUT2D eigenvalue weighted by molar-refractivity contribution is 0.0941. The quantitative estimate of drug-likeness (QED) is 0.693. The molecule has 3 aromatic rings. The summed E-state index contributed by atoms with van der Waals surface area (Å²) in [6, 6.07) is 9.68. The first-order chi connectivity index (χ1) is 13.3. The lowest BCUT2D eigenvalue weighted by atomic mass is 10.2. The van der Waals surface area contributed by atoms with Gasteiger partial charge in [-0.2, -0.15) is 0 Å². The summed E-state index contributed by atoms with van der Waals surface area (Å²) in [4.78, 5) is 24.8. The molecule has 0 atom stereocenters. The molecule has 1 aliphatic rings. The zero-order valence-electron chi connectivity index (χ0n) is 15.2. The third-order valence-corrected chi connectivity index (χ3v) is 4.62. The van der Waals surface area contributed by atoms with Crippen LogP contribution in [0.3, 0.4) is 0 Å². The van der Waals surface area contributed by atoms with Crippen LogP contribution in [0.25, 0.3) is 11.2 Å². The van der Waals surface area contributed by atoms with Crippen LogP contribution in [0.5, 0.6) is 0 Å². The fraction of sp³-hybridized carbons (Fsp3) is 0.389. The van der Waals surface area contributed by atoms with E-state index in [1.54, 1.807) is 9.58 Å². The minimum absolute atomic E-state index is 0.284. The molecule has 0 N–H and O–H groups in total. The number of aryl methyl sites for hydroxylation is 1. The van der Waals surface area contributed by atoms with E-state index in [1.165, 1.54) is 6.33 Å². The number of piperazine rings is 1. The normalized spacial score (nSPS) is 14.6. The summed E-state index contributed by atoms with van der Waals surface area (Å²) < 4.78 is 7.16. The monoisotopic (exact) mass is 367 g/mol. The van der Waals surface area contributed by atoms with Crippen molar-refractivity contribution in [3.63, 3.8) is 0 Å².